The van der Waals surface area contributed by atoms with Crippen molar-refractivity contribution in [3.8, 4) is 0 Å². The van der Waals surface area contributed by atoms with E-state index in [0.29, 0.717) is 17.9 Å². The molecule has 3 atom stereocenters. The predicted octanol–water partition coefficient (Wildman–Crippen LogP) is 4.87. The molecular weight excluding hydrogens is 381 g/mol. The number of carbonyl (C=O) groups excluding carboxylic acids is 1. The van der Waals surface area contributed by atoms with Gasteiger partial charge in [-0.05, 0) is 54.9 Å². The third-order valence-corrected chi connectivity index (χ3v) is 5.89. The average Bonchev–Trinajstić information content (AvgIpc) is 2.88. The first-order valence-corrected chi connectivity index (χ1v) is 9.20. The van der Waals surface area contributed by atoms with Crippen LogP contribution in [-0.4, -0.2) is 33.6 Å². The summed E-state index contributed by atoms with van der Waals surface area (Å²) in [5, 5.41) is 15.3. The maximum absolute atomic E-state index is 14.0. The zero-order valence-electron chi connectivity index (χ0n) is 15.3. The summed E-state index contributed by atoms with van der Waals surface area (Å²) < 4.78 is 42.0. The van der Waals surface area contributed by atoms with Gasteiger partial charge in [-0.3, -0.25) is 4.79 Å². The molecule has 0 radical (unpaired) electrons. The van der Waals surface area contributed by atoms with Gasteiger partial charge in [0, 0.05) is 16.3 Å². The van der Waals surface area contributed by atoms with E-state index >= 15 is 0 Å². The maximum Gasteiger partial charge on any atom is 0.439 e. The molecule has 0 bridgehead atoms. The van der Waals surface area contributed by atoms with Crippen LogP contribution in [0.2, 0.25) is 5.02 Å². The summed E-state index contributed by atoms with van der Waals surface area (Å²) >= 11 is 5.78. The summed E-state index contributed by atoms with van der Waals surface area (Å²) in [5.74, 6) is -2.27. The van der Waals surface area contributed by atoms with Crippen LogP contribution in [0.15, 0.2) is 29.4 Å². The third-order valence-electron chi connectivity index (χ3n) is 5.63. The molecule has 1 fully saturated rings. The number of fused-ring (bicyclic) bond motifs is 1. The van der Waals surface area contributed by atoms with E-state index in [0.717, 1.165) is 0 Å². The monoisotopic (exact) mass is 402 g/mol. The van der Waals surface area contributed by atoms with Crippen molar-refractivity contribution in [3.05, 3.63) is 34.9 Å². The molecule has 1 saturated carbocycles. The van der Waals surface area contributed by atoms with Crippen molar-refractivity contribution < 1.29 is 23.1 Å². The van der Waals surface area contributed by atoms with Crippen LogP contribution < -0.4 is 0 Å². The fourth-order valence-electron chi connectivity index (χ4n) is 3.92. The predicted molar refractivity (Wildman–Crippen MR) is 96.3 cm³/mol. The Morgan fingerprint density at radius 3 is 2.37 bits per heavy atom. The van der Waals surface area contributed by atoms with Crippen LogP contribution in [0, 0.1) is 17.3 Å². The molecule has 1 aliphatic heterocycles. The summed E-state index contributed by atoms with van der Waals surface area (Å²) in [6, 6.07) is 5.46. The van der Waals surface area contributed by atoms with Crippen molar-refractivity contribution in [2.24, 2.45) is 22.4 Å². The van der Waals surface area contributed by atoms with E-state index < -0.39 is 23.7 Å². The lowest BCUT2D eigenvalue weighted by Gasteiger charge is -2.42. The van der Waals surface area contributed by atoms with Gasteiger partial charge in [-0.25, -0.2) is 0 Å². The van der Waals surface area contributed by atoms with Crippen LogP contribution in [0.3, 0.4) is 0 Å². The first kappa shape index (κ1) is 20.1. The van der Waals surface area contributed by atoms with Gasteiger partial charge in [-0.15, -0.1) is 0 Å². The van der Waals surface area contributed by atoms with Crippen molar-refractivity contribution in [2.75, 3.05) is 0 Å². The van der Waals surface area contributed by atoms with Gasteiger partial charge in [0.1, 0.15) is 0 Å². The van der Waals surface area contributed by atoms with Gasteiger partial charge in [-0.2, -0.15) is 23.3 Å². The van der Waals surface area contributed by atoms with Crippen molar-refractivity contribution in [2.45, 2.75) is 51.9 Å². The van der Waals surface area contributed by atoms with Crippen LogP contribution in [0.25, 0.3) is 0 Å². The molecule has 1 aromatic rings. The number of alkyl halides is 3. The highest BCUT2D eigenvalue weighted by molar-refractivity contribution is 6.30. The number of amides is 1. The number of halogens is 4. The highest BCUT2D eigenvalue weighted by Gasteiger charge is 2.69. The van der Waals surface area contributed by atoms with E-state index in [1.807, 2.05) is 20.8 Å². The molecule has 27 heavy (non-hydrogen) atoms. The van der Waals surface area contributed by atoms with E-state index in [4.69, 9.17) is 11.6 Å². The van der Waals surface area contributed by atoms with E-state index in [1.54, 1.807) is 0 Å². The number of hydrogen-bond acceptors (Lipinski definition) is 3. The lowest BCUT2D eigenvalue weighted by Crippen LogP contribution is -2.62. The van der Waals surface area contributed by atoms with E-state index in [2.05, 4.69) is 5.10 Å². The number of hydrogen-bond donors (Lipinski definition) is 1. The molecule has 0 unspecified atom stereocenters. The summed E-state index contributed by atoms with van der Waals surface area (Å²) in [6.07, 6.45) is -3.90. The first-order valence-electron chi connectivity index (χ1n) is 8.82. The summed E-state index contributed by atoms with van der Waals surface area (Å²) in [7, 11) is 0. The lowest BCUT2D eigenvalue weighted by molar-refractivity contribution is -0.314. The Morgan fingerprint density at radius 1 is 1.26 bits per heavy atom. The van der Waals surface area contributed by atoms with Crippen LogP contribution in [-0.2, 0) is 0 Å². The van der Waals surface area contributed by atoms with Crippen LogP contribution in [0.4, 0.5) is 13.2 Å². The number of carbonyl (C=O) groups is 1. The molecule has 1 amide bonds. The molecule has 1 heterocycles. The second-order valence-electron chi connectivity index (χ2n) is 8.33. The molecule has 1 aliphatic carbocycles. The van der Waals surface area contributed by atoms with Crippen LogP contribution in [0.5, 0.6) is 0 Å². The molecule has 3 rings (SSSR count). The standard InChI is InChI=1S/C19H22ClF3N2O2/c1-17(2,3)12-6-9-15-14(10-12)18(27,19(21,22)23)25(24-15)16(26)11-4-7-13(20)8-5-11/h4-5,7-8,12,14,27H,6,9-10H2,1-3H3/t12-,14-,18+/m1/s1. The van der Waals surface area contributed by atoms with Crippen LogP contribution in [0.1, 0.15) is 50.4 Å². The highest BCUT2D eigenvalue weighted by Crippen LogP contribution is 2.52. The second kappa shape index (κ2) is 6.48. The quantitative estimate of drug-likeness (QED) is 0.729. The minimum absolute atomic E-state index is 0.0130. The largest absolute Gasteiger partial charge is 0.439 e. The van der Waals surface area contributed by atoms with Gasteiger partial charge in [-0.1, -0.05) is 32.4 Å². The number of benzene rings is 1. The molecule has 4 nitrogen and oxygen atoms in total. The van der Waals surface area contributed by atoms with Crippen molar-refractivity contribution in [3.63, 3.8) is 0 Å². The van der Waals surface area contributed by atoms with Gasteiger partial charge in [0.25, 0.3) is 11.6 Å². The van der Waals surface area contributed by atoms with Gasteiger partial charge in [0.05, 0.1) is 5.92 Å². The molecule has 2 aliphatic rings. The highest BCUT2D eigenvalue weighted by atomic mass is 35.5. The Hall–Kier alpha value is -1.60. The first-order chi connectivity index (χ1) is 12.4. The Bertz CT molecular complexity index is 771. The number of nitrogens with zero attached hydrogens (tertiary/aromatic N) is 2. The van der Waals surface area contributed by atoms with Gasteiger partial charge < -0.3 is 5.11 Å². The Labute approximate surface area is 161 Å². The normalized spacial score (nSPS) is 28.7. The molecule has 148 valence electrons. The van der Waals surface area contributed by atoms with E-state index in [1.165, 1.54) is 24.3 Å². The summed E-state index contributed by atoms with van der Waals surface area (Å²) in [4.78, 5) is 12.8. The van der Waals surface area contributed by atoms with Crippen molar-refractivity contribution in [1.82, 2.24) is 5.01 Å². The smallest absolute Gasteiger partial charge is 0.362 e. The molecule has 1 N–H and O–H groups in total. The summed E-state index contributed by atoms with van der Waals surface area (Å²) in [6.45, 7) is 5.91. The summed E-state index contributed by atoms with van der Waals surface area (Å²) in [5.41, 5.74) is -3.33. The zero-order chi connectivity index (χ0) is 20.2. The van der Waals surface area contributed by atoms with Crippen molar-refractivity contribution in [1.29, 1.82) is 0 Å². The average molecular weight is 403 g/mol. The maximum atomic E-state index is 14.0. The van der Waals surface area contributed by atoms with E-state index in [9.17, 15) is 23.1 Å². The van der Waals surface area contributed by atoms with Gasteiger partial charge in [0.2, 0.25) is 0 Å². The van der Waals surface area contributed by atoms with Crippen molar-refractivity contribution >= 4 is 23.2 Å². The number of aliphatic hydroxyl groups is 1. The number of rotatable bonds is 1. The fourth-order valence-corrected chi connectivity index (χ4v) is 4.05. The molecule has 0 aromatic heterocycles. The Morgan fingerprint density at radius 2 is 1.85 bits per heavy atom. The Kier molecular flexibility index (Phi) is 4.84. The van der Waals surface area contributed by atoms with Gasteiger partial charge >= 0.3 is 6.18 Å². The molecular formula is C19H22ClF3N2O2. The fraction of sp³-hybridized carbons (Fsp3) is 0.579. The molecule has 0 spiro atoms. The molecule has 0 saturated heterocycles. The van der Waals surface area contributed by atoms with E-state index in [-0.39, 0.29) is 34.0 Å². The third kappa shape index (κ3) is 3.36. The lowest BCUT2D eigenvalue weighted by atomic mass is 9.66. The Balaban J connectivity index is 2.01. The molecule has 1 aromatic carbocycles. The minimum atomic E-state index is -5.04. The second-order valence-corrected chi connectivity index (χ2v) is 8.77. The number of hydrazone groups is 1. The SMILES string of the molecule is CC(C)(C)[C@@H]1CCC2=NN(C(=O)c3ccc(Cl)cc3)[C@@](O)(C(F)(F)F)[C@@H]2C1. The van der Waals surface area contributed by atoms with Crippen LogP contribution >= 0.6 is 11.6 Å². The topological polar surface area (TPSA) is 52.9 Å². The van der Waals surface area contributed by atoms with Gasteiger partial charge in [0.15, 0.2) is 0 Å². The molecule has 8 heteroatoms. The zero-order valence-corrected chi connectivity index (χ0v) is 16.1. The minimum Gasteiger partial charge on any atom is -0.362 e.